The third-order valence-electron chi connectivity index (χ3n) is 1.98. The molecule has 1 nitrogen and oxygen atoms in total. The van der Waals surface area contributed by atoms with E-state index >= 15 is 0 Å². The average Bonchev–Trinajstić information content (AvgIpc) is 2.11. The molecule has 0 heterocycles. The van der Waals surface area contributed by atoms with E-state index in [1.54, 1.807) is 6.07 Å². The van der Waals surface area contributed by atoms with Crippen LogP contribution in [0.5, 0.6) is 0 Å². The Morgan fingerprint density at radius 2 is 2.08 bits per heavy atom. The molecule has 2 N–H and O–H groups in total. The van der Waals surface area contributed by atoms with Crippen molar-refractivity contribution in [3.05, 3.63) is 33.8 Å². The van der Waals surface area contributed by atoms with E-state index in [2.05, 4.69) is 6.92 Å². The number of nitrogens with two attached hydrogens (primary N) is 1. The average molecular weight is 218 g/mol. The highest BCUT2D eigenvalue weighted by molar-refractivity contribution is 6.33. The highest BCUT2D eigenvalue weighted by Crippen LogP contribution is 2.22. The smallest absolute Gasteiger partial charge is 0.0439 e. The summed E-state index contributed by atoms with van der Waals surface area (Å²) in [6.45, 7) is 2.76. The van der Waals surface area contributed by atoms with Crippen LogP contribution in [-0.2, 0) is 6.42 Å². The topological polar surface area (TPSA) is 26.0 Å². The van der Waals surface area contributed by atoms with E-state index in [4.69, 9.17) is 28.9 Å². The lowest BCUT2D eigenvalue weighted by Gasteiger charge is -2.09. The molecule has 0 bridgehead atoms. The first-order valence-corrected chi connectivity index (χ1v) is 5.03. The molecule has 0 aliphatic heterocycles. The first-order chi connectivity index (χ1) is 6.13. The van der Waals surface area contributed by atoms with Gasteiger partial charge >= 0.3 is 0 Å². The van der Waals surface area contributed by atoms with Crippen LogP contribution in [0.4, 0.5) is 0 Å². The Labute approximate surface area is 88.8 Å². The number of benzene rings is 1. The minimum Gasteiger partial charge on any atom is -0.330 e. The van der Waals surface area contributed by atoms with Crippen LogP contribution in [0.2, 0.25) is 10.0 Å². The number of halogens is 2. The predicted octanol–water partition coefficient (Wildman–Crippen LogP) is 3.13. The van der Waals surface area contributed by atoms with Crippen LogP contribution in [0.3, 0.4) is 0 Å². The summed E-state index contributed by atoms with van der Waals surface area (Å²) >= 11 is 11.9. The fraction of sp³-hybridized carbons (Fsp3) is 0.400. The Balaban J connectivity index is 2.81. The van der Waals surface area contributed by atoms with E-state index in [0.29, 0.717) is 12.5 Å². The van der Waals surface area contributed by atoms with Crippen LogP contribution in [0.15, 0.2) is 18.2 Å². The fourth-order valence-corrected chi connectivity index (χ4v) is 1.55. The molecule has 72 valence electrons. The van der Waals surface area contributed by atoms with E-state index in [1.807, 2.05) is 12.1 Å². The van der Waals surface area contributed by atoms with Gasteiger partial charge in [-0.3, -0.25) is 0 Å². The van der Waals surface area contributed by atoms with Crippen LogP contribution >= 0.6 is 23.2 Å². The van der Waals surface area contributed by atoms with Gasteiger partial charge in [-0.2, -0.15) is 0 Å². The summed E-state index contributed by atoms with van der Waals surface area (Å²) in [7, 11) is 0. The summed E-state index contributed by atoms with van der Waals surface area (Å²) in [5.41, 5.74) is 6.61. The lowest BCUT2D eigenvalue weighted by molar-refractivity contribution is 0.593. The van der Waals surface area contributed by atoms with Gasteiger partial charge in [0.1, 0.15) is 0 Å². The molecule has 0 amide bonds. The second-order valence-electron chi connectivity index (χ2n) is 3.28. The van der Waals surface area contributed by atoms with Crippen molar-refractivity contribution in [1.29, 1.82) is 0 Å². The minimum absolute atomic E-state index is 0.441. The van der Waals surface area contributed by atoms with Crippen LogP contribution in [0.1, 0.15) is 12.5 Å². The Bertz CT molecular complexity index is 286. The van der Waals surface area contributed by atoms with Crippen LogP contribution in [-0.4, -0.2) is 6.54 Å². The van der Waals surface area contributed by atoms with E-state index in [1.165, 1.54) is 0 Å². The normalized spacial score (nSPS) is 12.9. The summed E-state index contributed by atoms with van der Waals surface area (Å²) in [4.78, 5) is 0. The van der Waals surface area contributed by atoms with Gasteiger partial charge < -0.3 is 5.73 Å². The maximum atomic E-state index is 6.00. The van der Waals surface area contributed by atoms with Gasteiger partial charge in [-0.15, -0.1) is 0 Å². The highest BCUT2D eigenvalue weighted by atomic mass is 35.5. The number of rotatable bonds is 3. The third-order valence-corrected chi connectivity index (χ3v) is 2.58. The summed E-state index contributed by atoms with van der Waals surface area (Å²) in [6, 6.07) is 5.51. The Morgan fingerprint density at radius 1 is 1.38 bits per heavy atom. The van der Waals surface area contributed by atoms with Gasteiger partial charge in [-0.05, 0) is 42.6 Å². The van der Waals surface area contributed by atoms with Gasteiger partial charge in [-0.1, -0.05) is 30.1 Å². The largest absolute Gasteiger partial charge is 0.330 e. The van der Waals surface area contributed by atoms with Crippen molar-refractivity contribution in [1.82, 2.24) is 0 Å². The summed E-state index contributed by atoms with van der Waals surface area (Å²) in [5, 5.41) is 1.49. The zero-order valence-electron chi connectivity index (χ0n) is 7.56. The van der Waals surface area contributed by atoms with Crippen LogP contribution in [0, 0.1) is 5.92 Å². The van der Waals surface area contributed by atoms with E-state index < -0.39 is 0 Å². The van der Waals surface area contributed by atoms with Crippen LogP contribution < -0.4 is 5.73 Å². The predicted molar refractivity (Wildman–Crippen MR) is 58.4 cm³/mol. The standard InChI is InChI=1S/C10H13Cl2N/c1-7(6-13)4-8-5-9(11)2-3-10(8)12/h2-3,5,7H,4,6,13H2,1H3/t7-/m1/s1. The zero-order valence-corrected chi connectivity index (χ0v) is 9.07. The maximum absolute atomic E-state index is 6.00. The van der Waals surface area contributed by atoms with Gasteiger partial charge in [-0.25, -0.2) is 0 Å². The van der Waals surface area contributed by atoms with E-state index in [0.717, 1.165) is 22.0 Å². The van der Waals surface area contributed by atoms with Crippen molar-refractivity contribution in [2.75, 3.05) is 6.54 Å². The Morgan fingerprint density at radius 3 is 2.69 bits per heavy atom. The molecule has 3 heteroatoms. The molecule has 0 aliphatic rings. The molecule has 0 aliphatic carbocycles. The minimum atomic E-state index is 0.441. The number of hydrogen-bond donors (Lipinski definition) is 1. The summed E-state index contributed by atoms with van der Waals surface area (Å²) in [6.07, 6.45) is 0.885. The number of hydrogen-bond acceptors (Lipinski definition) is 1. The maximum Gasteiger partial charge on any atom is 0.0439 e. The summed E-state index contributed by atoms with van der Waals surface area (Å²) < 4.78 is 0. The second kappa shape index (κ2) is 4.85. The van der Waals surface area contributed by atoms with Crippen molar-refractivity contribution in [2.24, 2.45) is 11.7 Å². The molecule has 0 spiro atoms. The van der Waals surface area contributed by atoms with E-state index in [9.17, 15) is 0 Å². The molecule has 0 radical (unpaired) electrons. The molecule has 1 atom stereocenters. The molecular weight excluding hydrogens is 205 g/mol. The van der Waals surface area contributed by atoms with Gasteiger partial charge in [0.2, 0.25) is 0 Å². The molecule has 0 fully saturated rings. The molecule has 1 aromatic carbocycles. The molecule has 0 saturated heterocycles. The first kappa shape index (κ1) is 10.8. The van der Waals surface area contributed by atoms with Crippen LogP contribution in [0.25, 0.3) is 0 Å². The van der Waals surface area contributed by atoms with Gasteiger partial charge in [0.15, 0.2) is 0 Å². The molecule has 13 heavy (non-hydrogen) atoms. The van der Waals surface area contributed by atoms with E-state index in [-0.39, 0.29) is 0 Å². The Kier molecular flexibility index (Phi) is 4.04. The molecule has 0 saturated carbocycles. The lowest BCUT2D eigenvalue weighted by Crippen LogP contribution is -2.13. The highest BCUT2D eigenvalue weighted by Gasteiger charge is 2.05. The quantitative estimate of drug-likeness (QED) is 0.828. The third kappa shape index (κ3) is 3.18. The fourth-order valence-electron chi connectivity index (χ4n) is 1.16. The SMILES string of the molecule is C[C@@H](CN)Cc1cc(Cl)ccc1Cl. The van der Waals surface area contributed by atoms with Crippen molar-refractivity contribution in [3.63, 3.8) is 0 Å². The first-order valence-electron chi connectivity index (χ1n) is 4.27. The Hall–Kier alpha value is -0.240. The molecule has 0 unspecified atom stereocenters. The van der Waals surface area contributed by atoms with Gasteiger partial charge in [0.25, 0.3) is 0 Å². The molecular formula is C10H13Cl2N. The monoisotopic (exact) mass is 217 g/mol. The van der Waals surface area contributed by atoms with Crippen molar-refractivity contribution < 1.29 is 0 Å². The molecule has 1 rings (SSSR count). The molecule has 0 aromatic heterocycles. The van der Waals surface area contributed by atoms with Gasteiger partial charge in [0, 0.05) is 10.0 Å². The summed E-state index contributed by atoms with van der Waals surface area (Å²) in [5.74, 6) is 0.441. The van der Waals surface area contributed by atoms with Crippen molar-refractivity contribution >= 4 is 23.2 Å². The zero-order chi connectivity index (χ0) is 9.84. The molecule has 1 aromatic rings. The van der Waals surface area contributed by atoms with Crippen molar-refractivity contribution in [3.8, 4) is 0 Å². The lowest BCUT2D eigenvalue weighted by atomic mass is 10.0. The second-order valence-corrected chi connectivity index (χ2v) is 4.12. The van der Waals surface area contributed by atoms with Gasteiger partial charge in [0.05, 0.1) is 0 Å². The van der Waals surface area contributed by atoms with Crippen molar-refractivity contribution in [2.45, 2.75) is 13.3 Å².